The van der Waals surface area contributed by atoms with Gasteiger partial charge in [0.25, 0.3) is 0 Å². The molecule has 0 radical (unpaired) electrons. The number of thiazole rings is 1. The number of benzene rings is 2. The largest absolute Gasteiger partial charge is 0.338 e. The molecule has 0 aliphatic heterocycles. The molecule has 1 heterocycles. The number of carbonyl (C=O) groups is 1. The van der Waals surface area contributed by atoms with Gasteiger partial charge in [0.15, 0.2) is 5.13 Å². The number of hydrogen-bond donors (Lipinski definition) is 1. The highest BCUT2D eigenvalue weighted by atomic mass is 79.9. The van der Waals surface area contributed by atoms with Crippen molar-refractivity contribution in [2.24, 2.45) is 0 Å². The number of nitrogens with zero attached hydrogens (tertiary/aromatic N) is 2. The minimum absolute atomic E-state index is 0.0885. The maximum Gasteiger partial charge on any atom is 0.233 e. The summed E-state index contributed by atoms with van der Waals surface area (Å²) in [6.07, 6.45) is 0.392. The number of anilines is 1. The number of rotatable bonds is 6. The van der Waals surface area contributed by atoms with Crippen molar-refractivity contribution < 1.29 is 9.69 Å². The molecule has 0 fully saturated rings. The monoisotopic (exact) mass is 418 g/mol. The lowest BCUT2D eigenvalue weighted by Gasteiger charge is -2.20. The second-order valence-corrected chi connectivity index (χ2v) is 8.20. The zero-order chi connectivity index (χ0) is 17.8. The number of nitrogens with one attached hydrogen (secondary N) is 1. The SMILES string of the molecule is C[NH+](C)CCN(C(=O)Cc1ccccc1)c1nc2ccc(Br)cc2s1. The summed E-state index contributed by atoms with van der Waals surface area (Å²) in [5, 5.41) is 0.773. The van der Waals surface area contributed by atoms with Crippen LogP contribution in [0.1, 0.15) is 5.56 Å². The van der Waals surface area contributed by atoms with Crippen molar-refractivity contribution in [3.05, 3.63) is 58.6 Å². The van der Waals surface area contributed by atoms with Gasteiger partial charge in [-0.25, -0.2) is 4.98 Å². The lowest BCUT2D eigenvalue weighted by Crippen LogP contribution is -3.06. The molecule has 0 atom stereocenters. The Hall–Kier alpha value is -1.76. The first-order valence-electron chi connectivity index (χ1n) is 8.22. The highest BCUT2D eigenvalue weighted by Gasteiger charge is 2.21. The number of likely N-dealkylation sites (N-methyl/N-ethyl adjacent to an activating group) is 1. The third-order valence-corrected chi connectivity index (χ3v) is 5.44. The molecule has 130 valence electrons. The van der Waals surface area contributed by atoms with Crippen LogP contribution in [0.25, 0.3) is 10.2 Å². The Balaban J connectivity index is 1.88. The third kappa shape index (κ3) is 4.66. The highest BCUT2D eigenvalue weighted by molar-refractivity contribution is 9.10. The first-order valence-corrected chi connectivity index (χ1v) is 9.83. The van der Waals surface area contributed by atoms with Crippen molar-refractivity contribution in [2.45, 2.75) is 6.42 Å². The molecular formula is C19H21BrN3OS+. The first kappa shape index (κ1) is 18.0. The van der Waals surface area contributed by atoms with Crippen LogP contribution in [0.4, 0.5) is 5.13 Å². The quantitative estimate of drug-likeness (QED) is 0.668. The molecule has 0 saturated heterocycles. The molecule has 25 heavy (non-hydrogen) atoms. The molecule has 0 aliphatic rings. The molecular weight excluding hydrogens is 398 g/mol. The fourth-order valence-corrected chi connectivity index (χ4v) is 4.09. The molecule has 0 spiro atoms. The highest BCUT2D eigenvalue weighted by Crippen LogP contribution is 2.31. The van der Waals surface area contributed by atoms with Gasteiger partial charge in [0, 0.05) is 4.47 Å². The van der Waals surface area contributed by atoms with E-state index in [2.05, 4.69) is 35.0 Å². The van der Waals surface area contributed by atoms with E-state index in [0.717, 1.165) is 31.9 Å². The van der Waals surface area contributed by atoms with Crippen LogP contribution in [0.2, 0.25) is 0 Å². The van der Waals surface area contributed by atoms with Crippen LogP contribution in [-0.4, -0.2) is 38.1 Å². The normalized spacial score (nSPS) is 11.2. The van der Waals surface area contributed by atoms with Crippen molar-refractivity contribution in [3.63, 3.8) is 0 Å². The number of aromatic nitrogens is 1. The van der Waals surface area contributed by atoms with Crippen molar-refractivity contribution >= 4 is 48.5 Å². The topological polar surface area (TPSA) is 37.6 Å². The van der Waals surface area contributed by atoms with Crippen molar-refractivity contribution in [2.75, 3.05) is 32.1 Å². The Bertz CT molecular complexity index is 863. The Kier molecular flexibility index (Phi) is 5.83. The molecule has 4 nitrogen and oxygen atoms in total. The zero-order valence-electron chi connectivity index (χ0n) is 14.3. The Morgan fingerprint density at radius 3 is 2.68 bits per heavy atom. The molecule has 2 aromatic carbocycles. The minimum Gasteiger partial charge on any atom is -0.338 e. The summed E-state index contributed by atoms with van der Waals surface area (Å²) >= 11 is 5.06. The maximum absolute atomic E-state index is 12.9. The van der Waals surface area contributed by atoms with E-state index in [1.54, 1.807) is 11.3 Å². The molecule has 0 unspecified atom stereocenters. The summed E-state index contributed by atoms with van der Waals surface area (Å²) in [5.41, 5.74) is 1.96. The van der Waals surface area contributed by atoms with Crippen LogP contribution >= 0.6 is 27.3 Å². The van der Waals surface area contributed by atoms with E-state index in [-0.39, 0.29) is 5.91 Å². The van der Waals surface area contributed by atoms with Crippen LogP contribution < -0.4 is 9.80 Å². The molecule has 0 saturated carbocycles. The molecule has 0 bridgehead atoms. The first-order chi connectivity index (χ1) is 12.0. The van der Waals surface area contributed by atoms with Gasteiger partial charge < -0.3 is 4.90 Å². The van der Waals surface area contributed by atoms with E-state index < -0.39 is 0 Å². The molecule has 1 aromatic heterocycles. The average molecular weight is 419 g/mol. The fourth-order valence-electron chi connectivity index (χ4n) is 2.53. The van der Waals surface area contributed by atoms with Crippen molar-refractivity contribution in [3.8, 4) is 0 Å². The van der Waals surface area contributed by atoms with E-state index in [9.17, 15) is 4.79 Å². The van der Waals surface area contributed by atoms with Gasteiger partial charge in [0.1, 0.15) is 0 Å². The van der Waals surface area contributed by atoms with Gasteiger partial charge in [-0.1, -0.05) is 57.6 Å². The van der Waals surface area contributed by atoms with Gasteiger partial charge in [-0.2, -0.15) is 0 Å². The van der Waals surface area contributed by atoms with Gasteiger partial charge in [-0.05, 0) is 23.8 Å². The lowest BCUT2D eigenvalue weighted by molar-refractivity contribution is -0.856. The number of carbonyl (C=O) groups excluding carboxylic acids is 1. The van der Waals surface area contributed by atoms with E-state index in [4.69, 9.17) is 0 Å². The third-order valence-electron chi connectivity index (χ3n) is 3.90. The van der Waals surface area contributed by atoms with Gasteiger partial charge in [0.05, 0.1) is 43.8 Å². The number of amides is 1. The zero-order valence-corrected chi connectivity index (χ0v) is 16.7. The lowest BCUT2D eigenvalue weighted by atomic mass is 10.1. The van der Waals surface area contributed by atoms with E-state index >= 15 is 0 Å². The predicted molar refractivity (Wildman–Crippen MR) is 107 cm³/mol. The summed E-state index contributed by atoms with van der Waals surface area (Å²) in [6, 6.07) is 15.9. The molecule has 1 amide bonds. The van der Waals surface area contributed by atoms with E-state index in [0.29, 0.717) is 13.0 Å². The van der Waals surface area contributed by atoms with Gasteiger partial charge >= 0.3 is 0 Å². The standard InChI is InChI=1S/C19H20BrN3OS/c1-22(2)10-11-23(18(24)12-14-6-4-3-5-7-14)19-21-16-9-8-15(20)13-17(16)25-19/h3-9,13H,10-12H2,1-2H3/p+1. The fraction of sp³-hybridized carbons (Fsp3) is 0.263. The number of halogens is 1. The van der Waals surface area contributed by atoms with E-state index in [1.165, 1.54) is 4.90 Å². The Morgan fingerprint density at radius 2 is 1.96 bits per heavy atom. The van der Waals surface area contributed by atoms with Crippen LogP contribution in [0.3, 0.4) is 0 Å². The molecule has 6 heteroatoms. The second kappa shape index (κ2) is 8.08. The smallest absolute Gasteiger partial charge is 0.233 e. The van der Waals surface area contributed by atoms with Gasteiger partial charge in [-0.15, -0.1) is 0 Å². The molecule has 1 N–H and O–H groups in total. The van der Waals surface area contributed by atoms with Crippen molar-refractivity contribution in [1.82, 2.24) is 4.98 Å². The van der Waals surface area contributed by atoms with Gasteiger partial charge in [-0.3, -0.25) is 9.69 Å². The Labute approximate surface area is 160 Å². The second-order valence-electron chi connectivity index (χ2n) is 6.27. The summed E-state index contributed by atoms with van der Waals surface area (Å²) in [6.45, 7) is 1.54. The summed E-state index contributed by atoms with van der Waals surface area (Å²) < 4.78 is 2.11. The molecule has 3 rings (SSSR count). The number of quaternary nitrogens is 1. The average Bonchev–Trinajstić information content (AvgIpc) is 2.98. The van der Waals surface area contributed by atoms with Crippen LogP contribution in [-0.2, 0) is 11.2 Å². The molecule has 3 aromatic rings. The Morgan fingerprint density at radius 1 is 1.20 bits per heavy atom. The van der Waals surface area contributed by atoms with Crippen LogP contribution in [0, 0.1) is 0 Å². The summed E-state index contributed by atoms with van der Waals surface area (Å²) in [5.74, 6) is 0.0885. The number of hydrogen-bond acceptors (Lipinski definition) is 3. The van der Waals surface area contributed by atoms with Crippen molar-refractivity contribution in [1.29, 1.82) is 0 Å². The molecule has 0 aliphatic carbocycles. The minimum atomic E-state index is 0.0885. The maximum atomic E-state index is 12.9. The van der Waals surface area contributed by atoms with Crippen LogP contribution in [0.15, 0.2) is 53.0 Å². The van der Waals surface area contributed by atoms with Gasteiger partial charge in [0.2, 0.25) is 5.91 Å². The van der Waals surface area contributed by atoms with Crippen LogP contribution in [0.5, 0.6) is 0 Å². The summed E-state index contributed by atoms with van der Waals surface area (Å²) in [4.78, 5) is 20.8. The predicted octanol–water partition coefficient (Wildman–Crippen LogP) is 2.78. The number of fused-ring (bicyclic) bond motifs is 1. The summed E-state index contributed by atoms with van der Waals surface area (Å²) in [7, 11) is 4.19. The van der Waals surface area contributed by atoms with E-state index in [1.807, 2.05) is 53.4 Å².